The van der Waals surface area contributed by atoms with Crippen molar-refractivity contribution >= 4 is 53.2 Å². The number of hydrogen-bond donors (Lipinski definition) is 0. The number of halogens is 1. The third kappa shape index (κ3) is 1.21. The van der Waals surface area contributed by atoms with E-state index in [1.165, 1.54) is 0 Å². The SMILES string of the molecule is [B]c1c([B])c(F)c([B])c([B])c1C. The standard InChI is InChI=1S/C7H3B4F/c1-2-3(8)5(10)7(12)6(11)4(2)9/h1H3. The molecule has 8 radical (unpaired) electrons. The lowest BCUT2D eigenvalue weighted by atomic mass is 9.67. The summed E-state index contributed by atoms with van der Waals surface area (Å²) in [6.07, 6.45) is 0. The zero-order valence-corrected chi connectivity index (χ0v) is 6.69. The summed E-state index contributed by atoms with van der Waals surface area (Å²) < 4.78 is 13.0. The highest BCUT2D eigenvalue weighted by Gasteiger charge is 2.08. The van der Waals surface area contributed by atoms with Gasteiger partial charge in [-0.3, -0.25) is 0 Å². The second kappa shape index (κ2) is 3.04. The van der Waals surface area contributed by atoms with Crippen LogP contribution >= 0.6 is 0 Å². The Kier molecular flexibility index (Phi) is 2.41. The molecule has 0 N–H and O–H groups in total. The van der Waals surface area contributed by atoms with Crippen LogP contribution in [-0.2, 0) is 0 Å². The van der Waals surface area contributed by atoms with E-state index >= 15 is 0 Å². The van der Waals surface area contributed by atoms with E-state index in [4.69, 9.17) is 31.4 Å². The Balaban J connectivity index is 3.60. The largest absolute Gasteiger partial charge is 0.208 e. The van der Waals surface area contributed by atoms with Gasteiger partial charge in [0, 0.05) is 0 Å². The van der Waals surface area contributed by atoms with E-state index in [-0.39, 0.29) is 21.9 Å². The lowest BCUT2D eigenvalue weighted by Gasteiger charge is -2.14. The van der Waals surface area contributed by atoms with Crippen LogP contribution in [0.3, 0.4) is 0 Å². The fourth-order valence-electron chi connectivity index (χ4n) is 0.931. The maximum atomic E-state index is 13.0. The molecule has 50 valence electrons. The molecule has 0 saturated heterocycles. The van der Waals surface area contributed by atoms with E-state index in [0.29, 0.717) is 5.56 Å². The quantitative estimate of drug-likeness (QED) is 0.353. The first kappa shape index (κ1) is 9.50. The van der Waals surface area contributed by atoms with Gasteiger partial charge in [-0.25, -0.2) is 4.39 Å². The second-order valence-corrected chi connectivity index (χ2v) is 2.59. The minimum Gasteiger partial charge on any atom is -0.208 e. The molecule has 0 heterocycles. The maximum absolute atomic E-state index is 13.0. The minimum absolute atomic E-state index is 0.140. The second-order valence-electron chi connectivity index (χ2n) is 2.59. The molecule has 5 heteroatoms. The molecule has 1 aromatic rings. The molecule has 12 heavy (non-hydrogen) atoms. The van der Waals surface area contributed by atoms with E-state index in [9.17, 15) is 4.39 Å². The summed E-state index contributed by atoms with van der Waals surface area (Å²) >= 11 is 0. The first-order valence-corrected chi connectivity index (χ1v) is 3.34. The van der Waals surface area contributed by atoms with E-state index in [0.717, 1.165) is 0 Å². The van der Waals surface area contributed by atoms with Gasteiger partial charge in [0.25, 0.3) is 0 Å². The summed E-state index contributed by atoms with van der Waals surface area (Å²) in [6.45, 7) is 1.64. The molecule has 0 aromatic heterocycles. The van der Waals surface area contributed by atoms with Crippen molar-refractivity contribution in [3.8, 4) is 0 Å². The van der Waals surface area contributed by atoms with Crippen LogP contribution in [0.15, 0.2) is 0 Å². The monoisotopic (exact) mass is 150 g/mol. The van der Waals surface area contributed by atoms with Crippen molar-refractivity contribution in [2.45, 2.75) is 6.92 Å². The van der Waals surface area contributed by atoms with E-state index in [1.54, 1.807) is 6.92 Å². The van der Waals surface area contributed by atoms with Crippen molar-refractivity contribution in [3.63, 3.8) is 0 Å². The molecule has 1 aromatic carbocycles. The predicted molar refractivity (Wildman–Crippen MR) is 52.7 cm³/mol. The van der Waals surface area contributed by atoms with Crippen LogP contribution in [0, 0.1) is 12.7 Å². The average molecular weight is 149 g/mol. The van der Waals surface area contributed by atoms with Crippen LogP contribution in [0.4, 0.5) is 4.39 Å². The van der Waals surface area contributed by atoms with Gasteiger partial charge in [-0.15, -0.1) is 0 Å². The van der Waals surface area contributed by atoms with Gasteiger partial charge in [0.1, 0.15) is 37.2 Å². The number of benzene rings is 1. The molecule has 0 unspecified atom stereocenters. The Labute approximate surface area is 76.6 Å². The zero-order valence-electron chi connectivity index (χ0n) is 6.69. The topological polar surface area (TPSA) is 0 Å². The molecule has 0 amide bonds. The molecule has 0 saturated carbocycles. The minimum atomic E-state index is -0.740. The Morgan fingerprint density at radius 3 is 1.50 bits per heavy atom. The van der Waals surface area contributed by atoms with Gasteiger partial charge in [0.05, 0.1) is 0 Å². The molecule has 0 aliphatic heterocycles. The summed E-state index contributed by atoms with van der Waals surface area (Å²) in [4.78, 5) is 0. The van der Waals surface area contributed by atoms with Crippen LogP contribution in [-0.4, -0.2) is 31.4 Å². The number of rotatable bonds is 0. The maximum Gasteiger partial charge on any atom is 0.117 e. The lowest BCUT2D eigenvalue weighted by Crippen LogP contribution is -2.46. The van der Waals surface area contributed by atoms with Gasteiger partial charge in [-0.2, -0.15) is 0 Å². The van der Waals surface area contributed by atoms with Crippen LogP contribution in [0.1, 0.15) is 5.56 Å². The van der Waals surface area contributed by atoms with Gasteiger partial charge in [-0.1, -0.05) is 27.4 Å². The zero-order chi connectivity index (χ0) is 9.46. The van der Waals surface area contributed by atoms with Crippen LogP contribution in [0.25, 0.3) is 0 Å². The molecule has 0 fully saturated rings. The van der Waals surface area contributed by atoms with Gasteiger partial charge >= 0.3 is 0 Å². The first-order chi connectivity index (χ1) is 5.46. The highest BCUT2D eigenvalue weighted by Crippen LogP contribution is 1.87. The summed E-state index contributed by atoms with van der Waals surface area (Å²) in [7, 11) is 21.5. The molecule has 0 atom stereocenters. The Morgan fingerprint density at radius 2 is 1.17 bits per heavy atom. The highest BCUT2D eigenvalue weighted by molar-refractivity contribution is 6.56. The van der Waals surface area contributed by atoms with Gasteiger partial charge in [0.2, 0.25) is 0 Å². The molecular weight excluding hydrogens is 146 g/mol. The summed E-state index contributed by atoms with van der Waals surface area (Å²) in [6, 6.07) is 0. The fraction of sp³-hybridized carbons (Fsp3) is 0.143. The molecule has 0 bridgehead atoms. The molecule has 1 rings (SSSR count). The molecule has 0 spiro atoms. The molecule has 0 nitrogen and oxygen atoms in total. The summed E-state index contributed by atoms with van der Waals surface area (Å²) in [5.41, 5.74) is 0.545. The summed E-state index contributed by atoms with van der Waals surface area (Å²) in [5.74, 6) is -0.740. The van der Waals surface area contributed by atoms with E-state index in [2.05, 4.69) is 0 Å². The van der Waals surface area contributed by atoms with E-state index < -0.39 is 5.82 Å². The van der Waals surface area contributed by atoms with Crippen molar-refractivity contribution in [1.82, 2.24) is 0 Å². The number of hydrogen-bond acceptors (Lipinski definition) is 0. The highest BCUT2D eigenvalue weighted by atomic mass is 19.1. The van der Waals surface area contributed by atoms with Crippen LogP contribution < -0.4 is 21.9 Å². The Bertz CT molecular complexity index is 230. The van der Waals surface area contributed by atoms with Crippen LogP contribution in [0.5, 0.6) is 0 Å². The molecule has 0 aliphatic carbocycles. The predicted octanol–water partition coefficient (Wildman–Crippen LogP) is -2.69. The fourth-order valence-corrected chi connectivity index (χ4v) is 0.931. The van der Waals surface area contributed by atoms with Crippen molar-refractivity contribution in [2.75, 3.05) is 0 Å². The van der Waals surface area contributed by atoms with Crippen molar-refractivity contribution in [2.24, 2.45) is 0 Å². The van der Waals surface area contributed by atoms with Crippen molar-refractivity contribution < 1.29 is 4.39 Å². The molecular formula is C7H3B4F. The van der Waals surface area contributed by atoms with Gasteiger partial charge in [-0.05, 0) is 6.92 Å². The average Bonchev–Trinajstić information content (AvgIpc) is 2.08. The van der Waals surface area contributed by atoms with Crippen molar-refractivity contribution in [1.29, 1.82) is 0 Å². The lowest BCUT2D eigenvalue weighted by molar-refractivity contribution is 0.645. The smallest absolute Gasteiger partial charge is 0.117 e. The van der Waals surface area contributed by atoms with E-state index in [1.807, 2.05) is 0 Å². The Morgan fingerprint density at radius 1 is 0.833 bits per heavy atom. The van der Waals surface area contributed by atoms with Gasteiger partial charge in [0.15, 0.2) is 0 Å². The molecule has 0 aliphatic rings. The van der Waals surface area contributed by atoms with Gasteiger partial charge < -0.3 is 0 Å². The first-order valence-electron chi connectivity index (χ1n) is 3.34. The third-order valence-electron chi connectivity index (χ3n) is 1.86. The van der Waals surface area contributed by atoms with Crippen molar-refractivity contribution in [3.05, 3.63) is 11.4 Å². The Hall–Kier alpha value is -0.590. The van der Waals surface area contributed by atoms with Crippen LogP contribution in [0.2, 0.25) is 0 Å². The normalized spacial score (nSPS) is 10.2. The summed E-state index contributed by atoms with van der Waals surface area (Å²) in [5, 5.41) is 0. The third-order valence-corrected chi connectivity index (χ3v) is 1.86.